The van der Waals surface area contributed by atoms with E-state index in [1.165, 1.54) is 0 Å². The first-order valence-corrected chi connectivity index (χ1v) is 7.05. The summed E-state index contributed by atoms with van der Waals surface area (Å²) in [5, 5.41) is 0. The number of hydrogen-bond donors (Lipinski definition) is 0. The topological polar surface area (TPSA) is 82.1 Å². The van der Waals surface area contributed by atoms with Gasteiger partial charge in [0.2, 0.25) is 0 Å². The van der Waals surface area contributed by atoms with E-state index in [0.717, 1.165) is 4.90 Å². The van der Waals surface area contributed by atoms with Crippen molar-refractivity contribution in [2.24, 2.45) is 0 Å². The molecule has 1 aliphatic rings. The summed E-state index contributed by atoms with van der Waals surface area (Å²) in [6.07, 6.45) is -0.526. The van der Waals surface area contributed by atoms with Gasteiger partial charge < -0.3 is 14.2 Å². The minimum Gasteiger partial charge on any atom is -0.464 e. The summed E-state index contributed by atoms with van der Waals surface area (Å²) in [5.74, 6) is -1.08. The fourth-order valence-corrected chi connectivity index (χ4v) is 1.98. The van der Waals surface area contributed by atoms with Gasteiger partial charge in [0, 0.05) is 6.42 Å². The molecule has 1 amide bonds. The third-order valence-corrected chi connectivity index (χ3v) is 2.84. The van der Waals surface area contributed by atoms with E-state index in [1.54, 1.807) is 34.6 Å². The van der Waals surface area contributed by atoms with E-state index < -0.39 is 35.7 Å². The Kier molecular flexibility index (Phi) is 5.57. The maximum atomic E-state index is 12.2. The summed E-state index contributed by atoms with van der Waals surface area (Å²) in [6.45, 7) is 8.91. The molecule has 1 saturated heterocycles. The molecule has 0 aromatic heterocycles. The minimum atomic E-state index is -0.797. The largest absolute Gasteiger partial charge is 0.464 e. The van der Waals surface area contributed by atoms with E-state index in [1.807, 2.05) is 0 Å². The number of ether oxygens (including phenoxy) is 3. The zero-order valence-electron chi connectivity index (χ0n) is 13.2. The quantitative estimate of drug-likeness (QED) is 0.578. The van der Waals surface area contributed by atoms with E-state index in [4.69, 9.17) is 14.2 Å². The molecule has 0 N–H and O–H groups in total. The van der Waals surface area contributed by atoms with Gasteiger partial charge in [-0.05, 0) is 34.6 Å². The Morgan fingerprint density at radius 1 is 1.00 bits per heavy atom. The second kappa shape index (κ2) is 6.78. The Hall–Kier alpha value is -1.79. The Balaban J connectivity index is 2.83. The summed E-state index contributed by atoms with van der Waals surface area (Å²) < 4.78 is 15.0. The molecule has 0 aromatic carbocycles. The number of amides is 1. The van der Waals surface area contributed by atoms with Crippen LogP contribution < -0.4 is 0 Å². The van der Waals surface area contributed by atoms with Gasteiger partial charge in [-0.1, -0.05) is 0 Å². The van der Waals surface area contributed by atoms with Crippen LogP contribution in [0.5, 0.6) is 0 Å². The van der Waals surface area contributed by atoms with Crippen molar-refractivity contribution in [2.45, 2.75) is 58.7 Å². The van der Waals surface area contributed by atoms with Crippen LogP contribution in [-0.4, -0.2) is 53.8 Å². The lowest BCUT2D eigenvalue weighted by Crippen LogP contribution is -2.65. The number of hydrogen-bond acceptors (Lipinski definition) is 6. The van der Waals surface area contributed by atoms with Crippen molar-refractivity contribution in [3.8, 4) is 0 Å². The standard InChI is InChI=1S/C14H23NO6/c1-6-19-11(16)9-8-10(12(17)20-7-2)15(9)13(18)21-14(3,4)5/h9-10H,6-8H2,1-5H3. The van der Waals surface area contributed by atoms with E-state index >= 15 is 0 Å². The number of nitrogens with zero attached hydrogens (tertiary/aromatic N) is 1. The molecule has 21 heavy (non-hydrogen) atoms. The monoisotopic (exact) mass is 301 g/mol. The number of carbonyl (C=O) groups excluding carboxylic acids is 3. The van der Waals surface area contributed by atoms with Gasteiger partial charge in [0.15, 0.2) is 0 Å². The number of rotatable bonds is 4. The van der Waals surface area contributed by atoms with Crippen molar-refractivity contribution in [3.05, 3.63) is 0 Å². The lowest BCUT2D eigenvalue weighted by atomic mass is 9.93. The Morgan fingerprint density at radius 2 is 1.43 bits per heavy atom. The highest BCUT2D eigenvalue weighted by molar-refractivity contribution is 5.91. The van der Waals surface area contributed by atoms with Crippen LogP contribution in [0.1, 0.15) is 41.0 Å². The van der Waals surface area contributed by atoms with Crippen LogP contribution >= 0.6 is 0 Å². The average molecular weight is 301 g/mol. The summed E-state index contributed by atoms with van der Waals surface area (Å²) in [7, 11) is 0. The fraction of sp³-hybridized carbons (Fsp3) is 0.786. The SMILES string of the molecule is CCOC(=O)C1CC(C(=O)OCC)N1C(=O)OC(C)(C)C. The highest BCUT2D eigenvalue weighted by atomic mass is 16.6. The van der Waals surface area contributed by atoms with Crippen LogP contribution in [0.4, 0.5) is 4.79 Å². The fourth-order valence-electron chi connectivity index (χ4n) is 1.98. The molecule has 120 valence electrons. The Labute approximate surface area is 124 Å². The second-order valence-corrected chi connectivity index (χ2v) is 5.66. The minimum absolute atomic E-state index is 0.191. The first-order valence-electron chi connectivity index (χ1n) is 7.05. The maximum absolute atomic E-state index is 12.2. The molecular weight excluding hydrogens is 278 g/mol. The van der Waals surface area contributed by atoms with Crippen LogP contribution in [0.25, 0.3) is 0 Å². The molecule has 2 atom stereocenters. The van der Waals surface area contributed by atoms with Crippen LogP contribution in [0, 0.1) is 0 Å². The van der Waals surface area contributed by atoms with E-state index in [9.17, 15) is 14.4 Å². The molecule has 0 spiro atoms. The third-order valence-electron chi connectivity index (χ3n) is 2.84. The van der Waals surface area contributed by atoms with E-state index in [-0.39, 0.29) is 19.6 Å². The third kappa shape index (κ3) is 4.34. The lowest BCUT2D eigenvalue weighted by molar-refractivity contribution is -0.168. The lowest BCUT2D eigenvalue weighted by Gasteiger charge is -2.44. The molecule has 1 fully saturated rings. The van der Waals surface area contributed by atoms with Crippen LogP contribution in [0.3, 0.4) is 0 Å². The van der Waals surface area contributed by atoms with Gasteiger partial charge in [0.05, 0.1) is 13.2 Å². The highest BCUT2D eigenvalue weighted by Crippen LogP contribution is 2.30. The van der Waals surface area contributed by atoms with Crippen molar-refractivity contribution in [2.75, 3.05) is 13.2 Å². The maximum Gasteiger partial charge on any atom is 0.411 e. The highest BCUT2D eigenvalue weighted by Gasteiger charge is 2.52. The molecule has 0 aliphatic carbocycles. The van der Waals surface area contributed by atoms with Crippen LogP contribution in [-0.2, 0) is 23.8 Å². The summed E-state index contributed by atoms with van der Waals surface area (Å²) in [6, 6.07) is -1.59. The first-order chi connectivity index (χ1) is 9.71. The summed E-state index contributed by atoms with van der Waals surface area (Å²) in [4.78, 5) is 36.9. The second-order valence-electron chi connectivity index (χ2n) is 5.66. The normalized spacial score (nSPS) is 21.3. The molecule has 7 heteroatoms. The van der Waals surface area contributed by atoms with Gasteiger partial charge in [-0.3, -0.25) is 4.90 Å². The Morgan fingerprint density at radius 3 is 1.76 bits per heavy atom. The van der Waals surface area contributed by atoms with Crippen molar-refractivity contribution < 1.29 is 28.6 Å². The number of likely N-dealkylation sites (tertiary alicyclic amines) is 1. The molecule has 1 rings (SSSR count). The van der Waals surface area contributed by atoms with Crippen molar-refractivity contribution in [3.63, 3.8) is 0 Å². The summed E-state index contributed by atoms with van der Waals surface area (Å²) >= 11 is 0. The van der Waals surface area contributed by atoms with Gasteiger partial charge in [0.25, 0.3) is 0 Å². The van der Waals surface area contributed by atoms with Gasteiger partial charge >= 0.3 is 18.0 Å². The van der Waals surface area contributed by atoms with Crippen LogP contribution in [0.15, 0.2) is 0 Å². The molecule has 2 unspecified atom stereocenters. The number of carbonyl (C=O) groups is 3. The average Bonchev–Trinajstić information content (AvgIpc) is 2.25. The van der Waals surface area contributed by atoms with Gasteiger partial charge in [-0.25, -0.2) is 14.4 Å². The zero-order valence-corrected chi connectivity index (χ0v) is 13.2. The first kappa shape index (κ1) is 17.3. The molecule has 1 heterocycles. The molecule has 0 aromatic rings. The summed E-state index contributed by atoms with van der Waals surface area (Å²) in [5.41, 5.74) is -0.717. The smallest absolute Gasteiger partial charge is 0.411 e. The molecule has 7 nitrogen and oxygen atoms in total. The van der Waals surface area contributed by atoms with Crippen molar-refractivity contribution in [1.82, 2.24) is 4.90 Å². The van der Waals surface area contributed by atoms with E-state index in [2.05, 4.69) is 0 Å². The van der Waals surface area contributed by atoms with Crippen molar-refractivity contribution >= 4 is 18.0 Å². The van der Waals surface area contributed by atoms with Gasteiger partial charge in [-0.15, -0.1) is 0 Å². The van der Waals surface area contributed by atoms with Gasteiger partial charge in [-0.2, -0.15) is 0 Å². The van der Waals surface area contributed by atoms with Crippen molar-refractivity contribution in [1.29, 1.82) is 0 Å². The molecule has 1 aliphatic heterocycles. The van der Waals surface area contributed by atoms with Crippen LogP contribution in [0.2, 0.25) is 0 Å². The Bertz CT molecular complexity index is 390. The molecule has 0 radical (unpaired) electrons. The van der Waals surface area contributed by atoms with E-state index in [0.29, 0.717) is 0 Å². The van der Waals surface area contributed by atoms with Gasteiger partial charge in [0.1, 0.15) is 17.7 Å². The molecule has 0 bridgehead atoms. The number of esters is 2. The predicted molar refractivity (Wildman–Crippen MR) is 73.5 cm³/mol. The molecule has 0 saturated carbocycles. The molecular formula is C14H23NO6. The zero-order chi connectivity index (χ0) is 16.2. The predicted octanol–water partition coefficient (Wildman–Crippen LogP) is 1.49.